The van der Waals surface area contributed by atoms with Gasteiger partial charge in [0.1, 0.15) is 0 Å². The number of aromatic nitrogens is 1. The Morgan fingerprint density at radius 3 is 2.94 bits per heavy atom. The summed E-state index contributed by atoms with van der Waals surface area (Å²) in [5.74, 6) is 0. The van der Waals surface area contributed by atoms with Gasteiger partial charge in [0.05, 0.1) is 24.3 Å². The number of likely N-dealkylation sites (N-methyl/N-ethyl adjacent to an activating group) is 1. The molecule has 1 N–H and O–H groups in total. The Hall–Kier alpha value is -1.61. The molecule has 2 heterocycles. The molecule has 16 heavy (non-hydrogen) atoms. The number of nitrogens with one attached hydrogen (secondary N) is 1. The Balaban J connectivity index is 2.11. The van der Waals surface area contributed by atoms with E-state index in [1.807, 2.05) is 30.5 Å². The summed E-state index contributed by atoms with van der Waals surface area (Å²) in [6.45, 7) is 3.03. The van der Waals surface area contributed by atoms with E-state index in [4.69, 9.17) is 4.42 Å². The molecule has 0 aliphatic carbocycles. The summed E-state index contributed by atoms with van der Waals surface area (Å²) in [5.41, 5.74) is 2.27. The Morgan fingerprint density at radius 2 is 2.31 bits per heavy atom. The third kappa shape index (κ3) is 2.70. The molecule has 0 radical (unpaired) electrons. The molecule has 84 valence electrons. The minimum Gasteiger partial charge on any atom is -0.472 e. The predicted molar refractivity (Wildman–Crippen MR) is 63.1 cm³/mol. The molecule has 2 aromatic rings. The smallest absolute Gasteiger partial charge is 0.0935 e. The molecule has 0 fully saturated rings. The standard InChI is InChI=1S/C13H16N2O/c1-2-14-13(9-11-6-8-16-10-11)12-5-3-4-7-15-12/h3-8,10,13-14H,2,9H2,1H3. The first-order valence-corrected chi connectivity index (χ1v) is 5.55. The van der Waals surface area contributed by atoms with Crippen molar-refractivity contribution in [2.45, 2.75) is 19.4 Å². The second-order valence-electron chi connectivity index (χ2n) is 3.70. The number of hydrogen-bond donors (Lipinski definition) is 1. The van der Waals surface area contributed by atoms with E-state index in [-0.39, 0.29) is 6.04 Å². The lowest BCUT2D eigenvalue weighted by atomic mass is 10.1. The number of nitrogens with zero attached hydrogens (tertiary/aromatic N) is 1. The van der Waals surface area contributed by atoms with Crippen molar-refractivity contribution in [1.82, 2.24) is 10.3 Å². The monoisotopic (exact) mass is 216 g/mol. The molecule has 0 saturated heterocycles. The second-order valence-corrected chi connectivity index (χ2v) is 3.70. The summed E-state index contributed by atoms with van der Waals surface area (Å²) in [6, 6.07) is 8.25. The van der Waals surface area contributed by atoms with Crippen LogP contribution in [0.3, 0.4) is 0 Å². The Bertz CT molecular complexity index is 397. The fourth-order valence-corrected chi connectivity index (χ4v) is 1.75. The van der Waals surface area contributed by atoms with E-state index in [1.165, 1.54) is 5.56 Å². The summed E-state index contributed by atoms with van der Waals surface area (Å²) in [7, 11) is 0. The van der Waals surface area contributed by atoms with Crippen LogP contribution in [0.5, 0.6) is 0 Å². The first-order valence-electron chi connectivity index (χ1n) is 5.55. The number of pyridine rings is 1. The van der Waals surface area contributed by atoms with E-state index < -0.39 is 0 Å². The molecule has 2 rings (SSSR count). The molecule has 1 atom stereocenters. The Kier molecular flexibility index (Phi) is 3.72. The maximum Gasteiger partial charge on any atom is 0.0935 e. The zero-order chi connectivity index (χ0) is 11.2. The SMILES string of the molecule is CCNC(Cc1ccoc1)c1ccccn1. The van der Waals surface area contributed by atoms with Gasteiger partial charge in [0.25, 0.3) is 0 Å². The highest BCUT2D eigenvalue weighted by Crippen LogP contribution is 2.16. The van der Waals surface area contributed by atoms with E-state index >= 15 is 0 Å². The summed E-state index contributed by atoms with van der Waals surface area (Å²) in [4.78, 5) is 4.39. The van der Waals surface area contributed by atoms with Gasteiger partial charge in [-0.2, -0.15) is 0 Å². The molecule has 0 bridgehead atoms. The lowest BCUT2D eigenvalue weighted by Gasteiger charge is -2.16. The molecule has 1 unspecified atom stereocenters. The van der Waals surface area contributed by atoms with Crippen molar-refractivity contribution in [2.75, 3.05) is 6.54 Å². The average molecular weight is 216 g/mol. The lowest BCUT2D eigenvalue weighted by Crippen LogP contribution is -2.23. The van der Waals surface area contributed by atoms with Crippen molar-refractivity contribution < 1.29 is 4.42 Å². The van der Waals surface area contributed by atoms with Gasteiger partial charge in [0.2, 0.25) is 0 Å². The summed E-state index contributed by atoms with van der Waals surface area (Å²) >= 11 is 0. The predicted octanol–water partition coefficient (Wildman–Crippen LogP) is 2.57. The number of rotatable bonds is 5. The summed E-state index contributed by atoms with van der Waals surface area (Å²) in [6.07, 6.45) is 6.22. The number of hydrogen-bond acceptors (Lipinski definition) is 3. The third-order valence-electron chi connectivity index (χ3n) is 2.52. The van der Waals surface area contributed by atoms with Gasteiger partial charge in [-0.05, 0) is 36.7 Å². The van der Waals surface area contributed by atoms with Crippen molar-refractivity contribution >= 4 is 0 Å². The maximum absolute atomic E-state index is 5.08. The van der Waals surface area contributed by atoms with Crippen molar-refractivity contribution in [3.05, 3.63) is 54.2 Å². The molecule has 3 nitrogen and oxygen atoms in total. The Labute approximate surface area is 95.5 Å². The fraction of sp³-hybridized carbons (Fsp3) is 0.308. The van der Waals surface area contributed by atoms with Gasteiger partial charge in [0, 0.05) is 6.20 Å². The highest BCUT2D eigenvalue weighted by atomic mass is 16.3. The molecule has 2 aromatic heterocycles. The van der Waals surface area contributed by atoms with Crippen LogP contribution in [-0.2, 0) is 6.42 Å². The zero-order valence-corrected chi connectivity index (χ0v) is 9.39. The normalized spacial score (nSPS) is 12.6. The van der Waals surface area contributed by atoms with Crippen molar-refractivity contribution in [3.8, 4) is 0 Å². The summed E-state index contributed by atoms with van der Waals surface area (Å²) in [5, 5.41) is 3.43. The first kappa shape index (κ1) is 10.9. The fourth-order valence-electron chi connectivity index (χ4n) is 1.75. The number of furan rings is 1. The topological polar surface area (TPSA) is 38.1 Å². The first-order chi connectivity index (χ1) is 7.90. The van der Waals surface area contributed by atoms with Crippen LogP contribution >= 0.6 is 0 Å². The summed E-state index contributed by atoms with van der Waals surface area (Å²) < 4.78 is 5.08. The van der Waals surface area contributed by atoms with E-state index in [0.717, 1.165) is 18.7 Å². The van der Waals surface area contributed by atoms with Crippen LogP contribution < -0.4 is 5.32 Å². The van der Waals surface area contributed by atoms with Crippen LogP contribution in [-0.4, -0.2) is 11.5 Å². The molecule has 0 aromatic carbocycles. The minimum absolute atomic E-state index is 0.254. The van der Waals surface area contributed by atoms with Gasteiger partial charge in [0.15, 0.2) is 0 Å². The lowest BCUT2D eigenvalue weighted by molar-refractivity contribution is 0.526. The van der Waals surface area contributed by atoms with Crippen LogP contribution in [0.1, 0.15) is 24.2 Å². The van der Waals surface area contributed by atoms with E-state index in [9.17, 15) is 0 Å². The molecule has 3 heteroatoms. The second kappa shape index (κ2) is 5.47. The zero-order valence-electron chi connectivity index (χ0n) is 9.39. The Morgan fingerprint density at radius 1 is 1.38 bits per heavy atom. The van der Waals surface area contributed by atoms with E-state index in [1.54, 1.807) is 12.5 Å². The van der Waals surface area contributed by atoms with Crippen molar-refractivity contribution in [3.63, 3.8) is 0 Å². The van der Waals surface area contributed by atoms with Crippen molar-refractivity contribution in [2.24, 2.45) is 0 Å². The van der Waals surface area contributed by atoms with Gasteiger partial charge < -0.3 is 9.73 Å². The van der Waals surface area contributed by atoms with Gasteiger partial charge in [-0.3, -0.25) is 4.98 Å². The molecule has 0 saturated carbocycles. The van der Waals surface area contributed by atoms with Gasteiger partial charge in [-0.15, -0.1) is 0 Å². The van der Waals surface area contributed by atoms with Crippen LogP contribution in [0, 0.1) is 0 Å². The van der Waals surface area contributed by atoms with Crippen LogP contribution in [0.15, 0.2) is 47.4 Å². The maximum atomic E-state index is 5.08. The molecule has 0 aliphatic heterocycles. The minimum atomic E-state index is 0.254. The van der Waals surface area contributed by atoms with Gasteiger partial charge >= 0.3 is 0 Å². The average Bonchev–Trinajstić information content (AvgIpc) is 2.83. The molecule has 0 aliphatic rings. The van der Waals surface area contributed by atoms with E-state index in [2.05, 4.69) is 17.2 Å². The third-order valence-corrected chi connectivity index (χ3v) is 2.52. The molecular weight excluding hydrogens is 200 g/mol. The van der Waals surface area contributed by atoms with Crippen molar-refractivity contribution in [1.29, 1.82) is 0 Å². The molecule has 0 spiro atoms. The highest BCUT2D eigenvalue weighted by molar-refractivity contribution is 5.15. The largest absolute Gasteiger partial charge is 0.472 e. The van der Waals surface area contributed by atoms with Crippen LogP contribution in [0.4, 0.5) is 0 Å². The highest BCUT2D eigenvalue weighted by Gasteiger charge is 2.12. The molecule has 0 amide bonds. The van der Waals surface area contributed by atoms with Gasteiger partial charge in [-0.25, -0.2) is 0 Å². The molecular formula is C13H16N2O. The van der Waals surface area contributed by atoms with E-state index in [0.29, 0.717) is 0 Å². The van der Waals surface area contributed by atoms with Crippen LogP contribution in [0.25, 0.3) is 0 Å². The van der Waals surface area contributed by atoms with Gasteiger partial charge in [-0.1, -0.05) is 13.0 Å². The quantitative estimate of drug-likeness (QED) is 0.834. The van der Waals surface area contributed by atoms with Crippen LogP contribution in [0.2, 0.25) is 0 Å².